The van der Waals surface area contributed by atoms with Gasteiger partial charge in [0.15, 0.2) is 0 Å². The van der Waals surface area contributed by atoms with E-state index in [4.69, 9.17) is 21.4 Å². The third-order valence-corrected chi connectivity index (χ3v) is 2.58. The van der Waals surface area contributed by atoms with Crippen molar-refractivity contribution in [2.45, 2.75) is 37.5 Å². The van der Waals surface area contributed by atoms with Crippen LogP contribution in [-0.4, -0.2) is 39.9 Å². The molecule has 0 aliphatic carbocycles. The van der Waals surface area contributed by atoms with Crippen LogP contribution in [0.2, 0.25) is 0 Å². The Bertz CT molecular complexity index is 262. The topological polar surface area (TPSA) is 66.8 Å². The summed E-state index contributed by atoms with van der Waals surface area (Å²) in [6, 6.07) is 0. The number of hydrogen-bond donors (Lipinski definition) is 2. The van der Waals surface area contributed by atoms with Gasteiger partial charge in [0.05, 0.1) is 17.1 Å². The van der Waals surface area contributed by atoms with Gasteiger partial charge in [0.2, 0.25) is 0 Å². The van der Waals surface area contributed by atoms with Crippen molar-refractivity contribution in [3.63, 3.8) is 0 Å². The minimum atomic E-state index is -0.956. The smallest absolute Gasteiger partial charge is 0.336 e. The van der Waals surface area contributed by atoms with Gasteiger partial charge in [-0.05, 0) is 13.8 Å². The van der Waals surface area contributed by atoms with Gasteiger partial charge >= 0.3 is 5.97 Å². The molecule has 1 aliphatic rings. The summed E-state index contributed by atoms with van der Waals surface area (Å²) < 4.78 is 4.77. The zero-order valence-corrected chi connectivity index (χ0v) is 8.73. The molecule has 1 rings (SSSR count). The minimum Gasteiger partial charge on any atom is -0.456 e. The average Bonchev–Trinajstić information content (AvgIpc) is 2.32. The number of carbonyl (C=O) groups excluding carboxylic acids is 1. The molecule has 0 spiro atoms. The number of carbonyl (C=O) groups is 1. The van der Waals surface area contributed by atoms with E-state index in [2.05, 4.69) is 0 Å². The predicted molar refractivity (Wildman–Crippen MR) is 51.0 cm³/mol. The molecule has 0 radical (unpaired) electrons. The van der Waals surface area contributed by atoms with Gasteiger partial charge < -0.3 is 14.9 Å². The normalized spacial score (nSPS) is 34.4. The van der Waals surface area contributed by atoms with E-state index in [0.29, 0.717) is 0 Å². The van der Waals surface area contributed by atoms with Gasteiger partial charge in [-0.2, -0.15) is 0 Å². The van der Waals surface area contributed by atoms with Gasteiger partial charge in [-0.1, -0.05) is 6.08 Å². The van der Waals surface area contributed by atoms with Crippen LogP contribution in [0.25, 0.3) is 0 Å². The van der Waals surface area contributed by atoms with E-state index in [1.165, 1.54) is 13.0 Å². The number of alkyl halides is 1. The Balaban J connectivity index is 2.81. The Morgan fingerprint density at radius 1 is 1.64 bits per heavy atom. The number of aliphatic hydroxyl groups is 2. The van der Waals surface area contributed by atoms with E-state index in [-0.39, 0.29) is 5.57 Å². The molecule has 80 valence electrons. The van der Waals surface area contributed by atoms with E-state index in [1.54, 1.807) is 6.92 Å². The Morgan fingerprint density at radius 2 is 2.21 bits per heavy atom. The van der Waals surface area contributed by atoms with Gasteiger partial charge in [0.25, 0.3) is 0 Å². The van der Waals surface area contributed by atoms with Crippen LogP contribution in [0.3, 0.4) is 0 Å². The highest BCUT2D eigenvalue weighted by Gasteiger charge is 2.36. The summed E-state index contributed by atoms with van der Waals surface area (Å²) in [4.78, 5) is 11.2. The lowest BCUT2D eigenvalue weighted by molar-refractivity contribution is -0.138. The van der Waals surface area contributed by atoms with Crippen LogP contribution < -0.4 is 0 Å². The summed E-state index contributed by atoms with van der Waals surface area (Å²) in [6.07, 6.45) is -0.947. The number of cyclic esters (lactones) is 1. The number of esters is 1. The lowest BCUT2D eigenvalue weighted by Crippen LogP contribution is -2.21. The van der Waals surface area contributed by atoms with Crippen LogP contribution in [0.4, 0.5) is 0 Å². The quantitative estimate of drug-likeness (QED) is 0.397. The fourth-order valence-electron chi connectivity index (χ4n) is 1.15. The van der Waals surface area contributed by atoms with Crippen molar-refractivity contribution >= 4 is 17.6 Å². The highest BCUT2D eigenvalue weighted by Crippen LogP contribution is 2.22. The Hall–Kier alpha value is -0.580. The second kappa shape index (κ2) is 4.29. The Kier molecular flexibility index (Phi) is 3.53. The van der Waals surface area contributed by atoms with Crippen molar-refractivity contribution in [2.75, 3.05) is 0 Å². The van der Waals surface area contributed by atoms with Crippen molar-refractivity contribution < 1.29 is 19.7 Å². The second-order valence-corrected chi connectivity index (χ2v) is 3.87. The highest BCUT2D eigenvalue weighted by molar-refractivity contribution is 6.22. The van der Waals surface area contributed by atoms with Crippen molar-refractivity contribution in [1.29, 1.82) is 0 Å². The van der Waals surface area contributed by atoms with Crippen molar-refractivity contribution in [2.24, 2.45) is 0 Å². The molecule has 14 heavy (non-hydrogen) atoms. The number of ether oxygens (including phenoxy) is 1. The van der Waals surface area contributed by atoms with Crippen LogP contribution in [0.15, 0.2) is 11.6 Å². The fraction of sp³-hybridized carbons (Fsp3) is 0.667. The van der Waals surface area contributed by atoms with Crippen LogP contribution in [0.5, 0.6) is 0 Å². The summed E-state index contributed by atoms with van der Waals surface area (Å²) in [5.74, 6) is -0.573. The third-order valence-electron chi connectivity index (χ3n) is 2.09. The monoisotopic (exact) mass is 220 g/mol. The van der Waals surface area contributed by atoms with Gasteiger partial charge in [0.1, 0.15) is 12.2 Å². The van der Waals surface area contributed by atoms with Crippen molar-refractivity contribution in [3.8, 4) is 0 Å². The number of aliphatic hydroxyl groups excluding tert-OH is 2. The first kappa shape index (κ1) is 11.5. The molecule has 0 bridgehead atoms. The largest absolute Gasteiger partial charge is 0.456 e. The third kappa shape index (κ3) is 2.26. The second-order valence-electron chi connectivity index (χ2n) is 3.36. The first-order valence-corrected chi connectivity index (χ1v) is 4.80. The van der Waals surface area contributed by atoms with Crippen molar-refractivity contribution in [3.05, 3.63) is 11.6 Å². The molecule has 0 unspecified atom stereocenters. The maximum Gasteiger partial charge on any atom is 0.336 e. The lowest BCUT2D eigenvalue weighted by Gasteiger charge is -2.09. The molecule has 5 heteroatoms. The number of rotatable bonds is 2. The summed E-state index contributed by atoms with van der Waals surface area (Å²) >= 11 is 5.73. The number of hydrogen-bond acceptors (Lipinski definition) is 4. The molecule has 2 N–H and O–H groups in total. The van der Waals surface area contributed by atoms with Crippen LogP contribution >= 0.6 is 11.6 Å². The molecule has 0 aromatic carbocycles. The Morgan fingerprint density at radius 3 is 2.57 bits per heavy atom. The maximum absolute atomic E-state index is 11.2. The van der Waals surface area contributed by atoms with E-state index in [1.807, 2.05) is 0 Å². The molecule has 0 saturated carbocycles. The van der Waals surface area contributed by atoms with Gasteiger partial charge in [-0.25, -0.2) is 4.79 Å². The molecular weight excluding hydrogens is 208 g/mol. The summed E-state index contributed by atoms with van der Waals surface area (Å²) in [5.41, 5.74) is 0.124. The van der Waals surface area contributed by atoms with E-state index >= 15 is 0 Å². The van der Waals surface area contributed by atoms with Crippen LogP contribution in [0, 0.1) is 0 Å². The highest BCUT2D eigenvalue weighted by atomic mass is 35.5. The molecule has 1 saturated heterocycles. The first-order chi connectivity index (χ1) is 6.43. The molecule has 0 aromatic rings. The Labute approximate surface area is 87.1 Å². The predicted octanol–water partition coefficient (Wildman–Crippen LogP) is 0.207. The molecule has 1 heterocycles. The first-order valence-electron chi connectivity index (χ1n) is 4.36. The molecule has 4 nitrogen and oxygen atoms in total. The van der Waals surface area contributed by atoms with Crippen LogP contribution in [-0.2, 0) is 9.53 Å². The summed E-state index contributed by atoms with van der Waals surface area (Å²) in [5, 5.41) is 17.9. The van der Waals surface area contributed by atoms with E-state index in [9.17, 15) is 9.90 Å². The zero-order valence-electron chi connectivity index (χ0n) is 7.98. The maximum atomic E-state index is 11.2. The van der Waals surface area contributed by atoms with E-state index < -0.39 is 29.7 Å². The molecule has 0 amide bonds. The molecule has 1 fully saturated rings. The molecule has 1 aliphatic heterocycles. The standard InChI is InChI=1S/C9H13ClO4/c1-4(11)7(10)3-6-8(12)5(2)14-9(6)13/h3-5,7-8,11-12H,1-2H3/b6-3-/t4-,5-,7-,8+/m1/s1. The van der Waals surface area contributed by atoms with Crippen molar-refractivity contribution in [1.82, 2.24) is 0 Å². The molecular formula is C9H13ClO4. The molecule has 4 atom stereocenters. The van der Waals surface area contributed by atoms with Gasteiger partial charge in [-0.3, -0.25) is 0 Å². The number of halogens is 1. The van der Waals surface area contributed by atoms with Gasteiger partial charge in [-0.15, -0.1) is 11.6 Å². The minimum absolute atomic E-state index is 0.124. The zero-order chi connectivity index (χ0) is 10.9. The lowest BCUT2D eigenvalue weighted by atomic mass is 10.1. The average molecular weight is 221 g/mol. The molecule has 0 aromatic heterocycles. The summed E-state index contributed by atoms with van der Waals surface area (Å²) in [7, 11) is 0. The van der Waals surface area contributed by atoms with E-state index in [0.717, 1.165) is 0 Å². The van der Waals surface area contributed by atoms with Gasteiger partial charge in [0, 0.05) is 0 Å². The van der Waals surface area contributed by atoms with Crippen LogP contribution in [0.1, 0.15) is 13.8 Å². The SMILES string of the molecule is C[C@@H](O)[C@H](Cl)/C=C1\C(=O)O[C@H](C)[C@@H]1O. The fourth-order valence-corrected chi connectivity index (χ4v) is 1.29. The summed E-state index contributed by atoms with van der Waals surface area (Å²) in [6.45, 7) is 3.10.